The maximum absolute atomic E-state index is 12.5. The van der Waals surface area contributed by atoms with Gasteiger partial charge in [-0.05, 0) is 43.2 Å². The van der Waals surface area contributed by atoms with Gasteiger partial charge < -0.3 is 5.32 Å². The zero-order valence-electron chi connectivity index (χ0n) is 13.5. The predicted molar refractivity (Wildman–Crippen MR) is 94.9 cm³/mol. The Bertz CT molecular complexity index is 963. The molecular weight excluding hydrogens is 304 g/mol. The number of urea groups is 1. The second kappa shape index (κ2) is 6.54. The van der Waals surface area contributed by atoms with Crippen molar-refractivity contribution in [3.05, 3.63) is 70.3 Å². The molecule has 0 fully saturated rings. The monoisotopic (exact) mass is 322 g/mol. The molecule has 0 aliphatic carbocycles. The van der Waals surface area contributed by atoms with Gasteiger partial charge >= 0.3 is 6.03 Å². The molecule has 2 aromatic carbocycles. The number of benzene rings is 2. The van der Waals surface area contributed by atoms with E-state index in [2.05, 4.69) is 15.7 Å². The predicted octanol–water partition coefficient (Wildman–Crippen LogP) is 3.04. The molecule has 0 aliphatic heterocycles. The number of aromatic nitrogens is 2. The maximum atomic E-state index is 12.5. The average molecular weight is 322 g/mol. The Morgan fingerprint density at radius 2 is 1.96 bits per heavy atom. The summed E-state index contributed by atoms with van der Waals surface area (Å²) in [4.78, 5) is 29.1. The quantitative estimate of drug-likeness (QED) is 0.778. The van der Waals surface area contributed by atoms with E-state index in [0.29, 0.717) is 22.4 Å². The highest BCUT2D eigenvalue weighted by Crippen LogP contribution is 2.11. The number of nitrogens with zero attached hydrogens (tertiary/aromatic N) is 2. The Hall–Kier alpha value is -3.15. The number of fused-ring (bicyclic) bond motifs is 1. The first-order chi connectivity index (χ1) is 11.6. The summed E-state index contributed by atoms with van der Waals surface area (Å²) in [7, 11) is 0. The van der Waals surface area contributed by atoms with Crippen molar-refractivity contribution in [2.45, 2.75) is 20.3 Å². The molecule has 0 radical (unpaired) electrons. The zero-order valence-corrected chi connectivity index (χ0v) is 13.5. The van der Waals surface area contributed by atoms with Crippen LogP contribution in [0.1, 0.15) is 18.3 Å². The third-order valence-electron chi connectivity index (χ3n) is 3.75. The molecule has 1 aromatic heterocycles. The second-order valence-corrected chi connectivity index (χ2v) is 5.44. The maximum Gasteiger partial charge on any atom is 0.338 e. The van der Waals surface area contributed by atoms with Gasteiger partial charge in [0.2, 0.25) is 0 Å². The van der Waals surface area contributed by atoms with Crippen LogP contribution in [0.3, 0.4) is 0 Å². The highest BCUT2D eigenvalue weighted by molar-refractivity contribution is 5.95. The third-order valence-corrected chi connectivity index (χ3v) is 3.75. The van der Waals surface area contributed by atoms with Crippen LogP contribution in [0.25, 0.3) is 10.9 Å². The minimum Gasteiger partial charge on any atom is -0.307 e. The van der Waals surface area contributed by atoms with E-state index in [-0.39, 0.29) is 5.56 Å². The molecule has 0 atom stereocenters. The first kappa shape index (κ1) is 15.7. The lowest BCUT2D eigenvalue weighted by molar-refractivity contribution is 0.259. The van der Waals surface area contributed by atoms with E-state index >= 15 is 0 Å². The number of anilines is 1. The molecule has 6 nitrogen and oxygen atoms in total. The number of nitrogens with one attached hydrogen (secondary N) is 2. The molecule has 0 spiro atoms. The lowest BCUT2D eigenvalue weighted by atomic mass is 10.1. The van der Waals surface area contributed by atoms with Crippen LogP contribution in [0.2, 0.25) is 0 Å². The Morgan fingerprint density at radius 1 is 1.17 bits per heavy atom. The molecule has 1 heterocycles. The summed E-state index contributed by atoms with van der Waals surface area (Å²) in [6, 6.07) is 14.1. The van der Waals surface area contributed by atoms with E-state index in [1.807, 2.05) is 31.2 Å². The van der Waals surface area contributed by atoms with Crippen LogP contribution in [0.15, 0.2) is 53.3 Å². The summed E-state index contributed by atoms with van der Waals surface area (Å²) in [6.07, 6.45) is 0.879. The van der Waals surface area contributed by atoms with E-state index < -0.39 is 6.03 Å². The van der Waals surface area contributed by atoms with E-state index in [1.165, 1.54) is 0 Å². The summed E-state index contributed by atoms with van der Waals surface area (Å²) >= 11 is 0. The second-order valence-electron chi connectivity index (χ2n) is 5.44. The SMILES string of the molecule is CCc1cccc(NC(=O)Nn2c(C)nc3ccccc3c2=O)c1. The van der Waals surface area contributed by atoms with Crippen molar-refractivity contribution < 1.29 is 4.79 Å². The van der Waals surface area contributed by atoms with Crippen molar-refractivity contribution in [2.24, 2.45) is 0 Å². The first-order valence-corrected chi connectivity index (χ1v) is 7.74. The molecule has 2 N–H and O–H groups in total. The van der Waals surface area contributed by atoms with Gasteiger partial charge in [0.05, 0.1) is 10.9 Å². The number of hydrogen-bond acceptors (Lipinski definition) is 3. The van der Waals surface area contributed by atoms with Crippen LogP contribution in [-0.2, 0) is 6.42 Å². The normalized spacial score (nSPS) is 10.6. The smallest absolute Gasteiger partial charge is 0.307 e. The van der Waals surface area contributed by atoms with Crippen LogP contribution < -0.4 is 16.3 Å². The molecule has 0 unspecified atom stereocenters. The fraction of sp³-hybridized carbons (Fsp3) is 0.167. The van der Waals surface area contributed by atoms with Gasteiger partial charge in [-0.25, -0.2) is 19.9 Å². The molecule has 0 saturated carbocycles. The summed E-state index contributed by atoms with van der Waals surface area (Å²) in [5.74, 6) is 0.413. The number of hydrogen-bond donors (Lipinski definition) is 2. The molecular formula is C18H18N4O2. The molecule has 2 amide bonds. The topological polar surface area (TPSA) is 76.0 Å². The molecule has 0 bridgehead atoms. The Balaban J connectivity index is 1.86. The highest BCUT2D eigenvalue weighted by atomic mass is 16.2. The largest absolute Gasteiger partial charge is 0.338 e. The fourth-order valence-corrected chi connectivity index (χ4v) is 2.50. The summed E-state index contributed by atoms with van der Waals surface area (Å²) < 4.78 is 1.15. The van der Waals surface area contributed by atoms with Crippen LogP contribution in [0, 0.1) is 6.92 Å². The van der Waals surface area contributed by atoms with Gasteiger partial charge in [0, 0.05) is 5.69 Å². The van der Waals surface area contributed by atoms with Gasteiger partial charge in [0.1, 0.15) is 5.82 Å². The molecule has 24 heavy (non-hydrogen) atoms. The van der Waals surface area contributed by atoms with Crippen LogP contribution in [-0.4, -0.2) is 15.7 Å². The zero-order chi connectivity index (χ0) is 17.1. The van der Waals surface area contributed by atoms with Gasteiger partial charge in [-0.3, -0.25) is 4.79 Å². The molecule has 0 saturated heterocycles. The van der Waals surface area contributed by atoms with Crippen molar-refractivity contribution in [3.63, 3.8) is 0 Å². The molecule has 6 heteroatoms. The van der Waals surface area contributed by atoms with Gasteiger partial charge in [0.15, 0.2) is 0 Å². The Kier molecular flexibility index (Phi) is 4.29. The molecule has 3 rings (SSSR count). The number of para-hydroxylation sites is 1. The van der Waals surface area contributed by atoms with Gasteiger partial charge in [-0.15, -0.1) is 0 Å². The lowest BCUT2D eigenvalue weighted by Gasteiger charge is -2.13. The summed E-state index contributed by atoms with van der Waals surface area (Å²) in [5, 5.41) is 3.19. The number of carbonyl (C=O) groups excluding carboxylic acids is 1. The molecule has 3 aromatic rings. The molecule has 122 valence electrons. The van der Waals surface area contributed by atoms with Crippen LogP contribution in [0.4, 0.5) is 10.5 Å². The molecule has 0 aliphatic rings. The summed E-state index contributed by atoms with van der Waals surface area (Å²) in [6.45, 7) is 3.72. The van der Waals surface area contributed by atoms with Crippen molar-refractivity contribution in [2.75, 3.05) is 10.7 Å². The minimum absolute atomic E-state index is 0.310. The first-order valence-electron chi connectivity index (χ1n) is 7.74. The standard InChI is InChI=1S/C18H18N4O2/c1-3-13-7-6-8-14(11-13)20-18(24)21-22-12(2)19-16-10-5-4-9-15(16)17(22)23/h4-11H,3H2,1-2H3,(H2,20,21,24). The fourth-order valence-electron chi connectivity index (χ4n) is 2.50. The lowest BCUT2D eigenvalue weighted by Crippen LogP contribution is -2.37. The number of aryl methyl sites for hydroxylation is 2. The number of amides is 2. The van der Waals surface area contributed by atoms with E-state index in [0.717, 1.165) is 16.7 Å². The Morgan fingerprint density at radius 3 is 2.75 bits per heavy atom. The average Bonchev–Trinajstić information content (AvgIpc) is 2.59. The van der Waals surface area contributed by atoms with Crippen molar-refractivity contribution in [1.82, 2.24) is 9.66 Å². The summed E-state index contributed by atoms with van der Waals surface area (Å²) in [5.41, 5.74) is 4.64. The number of rotatable bonds is 3. The van der Waals surface area contributed by atoms with E-state index in [4.69, 9.17) is 0 Å². The Labute approximate surface area is 139 Å². The van der Waals surface area contributed by atoms with Gasteiger partial charge in [-0.2, -0.15) is 0 Å². The van der Waals surface area contributed by atoms with E-state index in [9.17, 15) is 9.59 Å². The number of carbonyl (C=O) groups is 1. The van der Waals surface area contributed by atoms with Crippen LogP contribution >= 0.6 is 0 Å². The van der Waals surface area contributed by atoms with Gasteiger partial charge in [0.25, 0.3) is 5.56 Å². The van der Waals surface area contributed by atoms with Crippen molar-refractivity contribution in [1.29, 1.82) is 0 Å². The van der Waals surface area contributed by atoms with Gasteiger partial charge in [-0.1, -0.05) is 31.2 Å². The minimum atomic E-state index is -0.495. The third kappa shape index (κ3) is 3.12. The highest BCUT2D eigenvalue weighted by Gasteiger charge is 2.10. The van der Waals surface area contributed by atoms with E-state index in [1.54, 1.807) is 31.2 Å². The van der Waals surface area contributed by atoms with Crippen LogP contribution in [0.5, 0.6) is 0 Å². The van der Waals surface area contributed by atoms with Crippen molar-refractivity contribution in [3.8, 4) is 0 Å². The van der Waals surface area contributed by atoms with Crippen molar-refractivity contribution >= 4 is 22.6 Å².